The van der Waals surface area contributed by atoms with Gasteiger partial charge < -0.3 is 5.32 Å². The summed E-state index contributed by atoms with van der Waals surface area (Å²) in [5.74, 6) is 0. The van der Waals surface area contributed by atoms with Crippen molar-refractivity contribution in [1.29, 1.82) is 0 Å². The molecule has 0 aliphatic rings. The van der Waals surface area contributed by atoms with Crippen LogP contribution >= 0.6 is 15.9 Å². The third kappa shape index (κ3) is 4.32. The molecule has 0 bridgehead atoms. The maximum atomic E-state index is 4.71. The maximum Gasteiger partial charge on any atom is 0.0766 e. The normalized spacial score (nSPS) is 14.5. The topological polar surface area (TPSA) is 29.9 Å². The first-order chi connectivity index (χ1) is 9.51. The van der Waals surface area contributed by atoms with Gasteiger partial charge in [-0.1, -0.05) is 27.7 Å². The Balaban J connectivity index is 2.90. The molecule has 1 N–H and O–H groups in total. The summed E-state index contributed by atoms with van der Waals surface area (Å²) in [6.07, 6.45) is 4.42. The van der Waals surface area contributed by atoms with Crippen molar-refractivity contribution in [3.05, 3.63) is 15.9 Å². The molecule has 0 amide bonds. The van der Waals surface area contributed by atoms with Crippen LogP contribution in [0.4, 0.5) is 0 Å². The molecule has 1 unspecified atom stereocenters. The third-order valence-corrected chi connectivity index (χ3v) is 5.04. The monoisotopic (exact) mass is 343 g/mol. The van der Waals surface area contributed by atoms with Crippen LogP contribution in [0, 0.1) is 5.41 Å². The summed E-state index contributed by atoms with van der Waals surface area (Å²) in [6, 6.07) is 0. The van der Waals surface area contributed by atoms with Crippen LogP contribution in [-0.4, -0.2) is 22.9 Å². The molecular weight excluding hydrogens is 314 g/mol. The Labute approximate surface area is 132 Å². The number of nitrogens with zero attached hydrogens (tertiary/aromatic N) is 2. The van der Waals surface area contributed by atoms with E-state index < -0.39 is 0 Å². The molecule has 0 aliphatic carbocycles. The van der Waals surface area contributed by atoms with E-state index in [0.717, 1.165) is 32.5 Å². The van der Waals surface area contributed by atoms with Crippen LogP contribution < -0.4 is 5.32 Å². The third-order valence-electron chi connectivity index (χ3n) is 4.12. The Morgan fingerprint density at radius 3 is 2.45 bits per heavy atom. The number of hydrogen-bond donors (Lipinski definition) is 1. The van der Waals surface area contributed by atoms with Crippen LogP contribution in [0.1, 0.15) is 58.8 Å². The van der Waals surface area contributed by atoms with Gasteiger partial charge in [0, 0.05) is 13.1 Å². The van der Waals surface area contributed by atoms with Gasteiger partial charge in [-0.2, -0.15) is 5.10 Å². The lowest BCUT2D eigenvalue weighted by Crippen LogP contribution is -2.34. The summed E-state index contributed by atoms with van der Waals surface area (Å²) in [5, 5.41) is 8.29. The molecule has 1 aromatic rings. The Hall–Kier alpha value is -0.350. The molecule has 0 spiro atoms. The van der Waals surface area contributed by atoms with E-state index in [1.165, 1.54) is 28.7 Å². The van der Waals surface area contributed by atoms with E-state index in [0.29, 0.717) is 0 Å². The van der Waals surface area contributed by atoms with E-state index in [1.54, 1.807) is 0 Å². The minimum Gasteiger partial charge on any atom is -0.316 e. The molecule has 0 saturated heterocycles. The SMILES string of the molecule is CCCNCC(C)(CC)Cc1c(Br)c(CC)nn1CC. The Morgan fingerprint density at radius 2 is 1.95 bits per heavy atom. The first-order valence-electron chi connectivity index (χ1n) is 7.96. The lowest BCUT2D eigenvalue weighted by atomic mass is 9.82. The van der Waals surface area contributed by atoms with E-state index in [9.17, 15) is 0 Å². The molecule has 0 aliphatic heterocycles. The Bertz CT molecular complexity index is 414. The molecule has 1 atom stereocenters. The summed E-state index contributed by atoms with van der Waals surface area (Å²) in [4.78, 5) is 0. The smallest absolute Gasteiger partial charge is 0.0766 e. The summed E-state index contributed by atoms with van der Waals surface area (Å²) in [5.41, 5.74) is 2.82. The predicted molar refractivity (Wildman–Crippen MR) is 90.2 cm³/mol. The molecule has 3 nitrogen and oxygen atoms in total. The zero-order chi connectivity index (χ0) is 15.2. The van der Waals surface area contributed by atoms with Crippen molar-refractivity contribution in [2.75, 3.05) is 13.1 Å². The van der Waals surface area contributed by atoms with Crippen LogP contribution in [0.3, 0.4) is 0 Å². The molecule has 0 saturated carbocycles. The van der Waals surface area contributed by atoms with Gasteiger partial charge in [-0.25, -0.2) is 0 Å². The quantitative estimate of drug-likeness (QED) is 0.681. The molecule has 1 aromatic heterocycles. The van der Waals surface area contributed by atoms with Crippen molar-refractivity contribution in [3.63, 3.8) is 0 Å². The molecule has 0 radical (unpaired) electrons. The van der Waals surface area contributed by atoms with Gasteiger partial charge in [0.25, 0.3) is 0 Å². The minimum absolute atomic E-state index is 0.287. The second-order valence-electron chi connectivity index (χ2n) is 5.89. The molecule has 0 aromatic carbocycles. The number of rotatable bonds is 9. The Kier molecular flexibility index (Phi) is 7.24. The summed E-state index contributed by atoms with van der Waals surface area (Å²) in [6.45, 7) is 14.3. The highest BCUT2D eigenvalue weighted by molar-refractivity contribution is 9.10. The second-order valence-corrected chi connectivity index (χ2v) is 6.69. The van der Waals surface area contributed by atoms with E-state index in [-0.39, 0.29) is 5.41 Å². The van der Waals surface area contributed by atoms with E-state index in [4.69, 9.17) is 5.10 Å². The van der Waals surface area contributed by atoms with Crippen molar-refractivity contribution in [3.8, 4) is 0 Å². The standard InChI is InChI=1S/C16H30BrN3/c1-6-10-18-12-16(5,8-3)11-14-15(17)13(7-2)19-20(14)9-4/h18H,6-12H2,1-5H3. The molecule has 1 heterocycles. The lowest BCUT2D eigenvalue weighted by molar-refractivity contribution is 0.282. The molecule has 1 rings (SSSR count). The number of nitrogens with one attached hydrogen (secondary N) is 1. The van der Waals surface area contributed by atoms with Crippen LogP contribution in [0.25, 0.3) is 0 Å². The highest BCUT2D eigenvalue weighted by atomic mass is 79.9. The van der Waals surface area contributed by atoms with E-state index in [1.807, 2.05) is 0 Å². The van der Waals surface area contributed by atoms with Gasteiger partial charge in [0.15, 0.2) is 0 Å². The zero-order valence-electron chi connectivity index (χ0n) is 13.7. The molecule has 4 heteroatoms. The Morgan fingerprint density at radius 1 is 1.25 bits per heavy atom. The summed E-state index contributed by atoms with van der Waals surface area (Å²) >= 11 is 3.76. The van der Waals surface area contributed by atoms with Crippen molar-refractivity contribution in [2.45, 2.75) is 66.8 Å². The van der Waals surface area contributed by atoms with Crippen LogP contribution in [0.5, 0.6) is 0 Å². The number of aromatic nitrogens is 2. The second kappa shape index (κ2) is 8.18. The van der Waals surface area contributed by atoms with Crippen LogP contribution in [0.15, 0.2) is 4.47 Å². The van der Waals surface area contributed by atoms with Gasteiger partial charge in [-0.15, -0.1) is 0 Å². The maximum absolute atomic E-state index is 4.71. The van der Waals surface area contributed by atoms with Crippen LogP contribution in [-0.2, 0) is 19.4 Å². The fraction of sp³-hybridized carbons (Fsp3) is 0.812. The highest BCUT2D eigenvalue weighted by Crippen LogP contribution is 2.31. The fourth-order valence-electron chi connectivity index (χ4n) is 2.47. The van der Waals surface area contributed by atoms with Gasteiger partial charge in [-0.3, -0.25) is 4.68 Å². The first-order valence-corrected chi connectivity index (χ1v) is 8.75. The van der Waals surface area contributed by atoms with Gasteiger partial charge in [0.2, 0.25) is 0 Å². The average Bonchev–Trinajstić information content (AvgIpc) is 2.75. The molecule has 20 heavy (non-hydrogen) atoms. The highest BCUT2D eigenvalue weighted by Gasteiger charge is 2.26. The summed E-state index contributed by atoms with van der Waals surface area (Å²) < 4.78 is 3.38. The summed E-state index contributed by atoms with van der Waals surface area (Å²) in [7, 11) is 0. The predicted octanol–water partition coefficient (Wildman–Crippen LogP) is 4.19. The van der Waals surface area contributed by atoms with E-state index in [2.05, 4.69) is 60.5 Å². The van der Waals surface area contributed by atoms with Gasteiger partial charge in [0.05, 0.1) is 15.9 Å². The van der Waals surface area contributed by atoms with Crippen LogP contribution in [0.2, 0.25) is 0 Å². The first kappa shape index (κ1) is 17.7. The van der Waals surface area contributed by atoms with Crippen molar-refractivity contribution in [2.24, 2.45) is 5.41 Å². The van der Waals surface area contributed by atoms with Crippen molar-refractivity contribution in [1.82, 2.24) is 15.1 Å². The molecule has 116 valence electrons. The van der Waals surface area contributed by atoms with Gasteiger partial charge >= 0.3 is 0 Å². The zero-order valence-corrected chi connectivity index (χ0v) is 15.3. The number of aryl methyl sites for hydroxylation is 2. The number of hydrogen-bond acceptors (Lipinski definition) is 2. The lowest BCUT2D eigenvalue weighted by Gasteiger charge is -2.29. The molecular formula is C16H30BrN3. The average molecular weight is 344 g/mol. The van der Waals surface area contributed by atoms with E-state index >= 15 is 0 Å². The van der Waals surface area contributed by atoms with Crippen molar-refractivity contribution < 1.29 is 0 Å². The fourth-order valence-corrected chi connectivity index (χ4v) is 3.17. The van der Waals surface area contributed by atoms with Gasteiger partial charge in [-0.05, 0) is 60.5 Å². The van der Waals surface area contributed by atoms with Crippen molar-refractivity contribution >= 4 is 15.9 Å². The van der Waals surface area contributed by atoms with Gasteiger partial charge in [0.1, 0.15) is 0 Å². The number of halogens is 1. The largest absolute Gasteiger partial charge is 0.316 e. The minimum atomic E-state index is 0.287. The molecule has 0 fully saturated rings.